The first-order valence-electron chi connectivity index (χ1n) is 6.93. The number of hydrogen-bond acceptors (Lipinski definition) is 4. The minimum absolute atomic E-state index is 0.168. The molecular weight excluding hydrogens is 290 g/mol. The molecule has 1 atom stereocenters. The Morgan fingerprint density at radius 3 is 2.62 bits per heavy atom. The Kier molecular flexibility index (Phi) is 6.13. The predicted molar refractivity (Wildman–Crippen MR) is 84.8 cm³/mol. The van der Waals surface area contributed by atoms with Crippen LogP contribution in [0.2, 0.25) is 5.15 Å². The highest BCUT2D eigenvalue weighted by atomic mass is 35.5. The summed E-state index contributed by atoms with van der Waals surface area (Å²) in [5.74, 6) is -0.0765. The van der Waals surface area contributed by atoms with E-state index in [1.807, 2.05) is 32.8 Å². The summed E-state index contributed by atoms with van der Waals surface area (Å²) >= 11 is 5.95. The molecule has 1 unspecified atom stereocenters. The Bertz CT molecular complexity index is 502. The number of amides is 1. The smallest absolute Gasteiger partial charge is 0.251 e. The molecule has 1 amide bonds. The van der Waals surface area contributed by atoms with Gasteiger partial charge in [-0.2, -0.15) is 0 Å². The van der Waals surface area contributed by atoms with Gasteiger partial charge in [-0.3, -0.25) is 4.79 Å². The van der Waals surface area contributed by atoms with E-state index >= 15 is 0 Å². The third kappa shape index (κ3) is 5.99. The highest BCUT2D eigenvalue weighted by Crippen LogP contribution is 2.17. The molecule has 5 nitrogen and oxygen atoms in total. The highest BCUT2D eigenvalue weighted by Gasteiger charge is 2.22. The molecular formula is C15H24ClN3O2. The standard InChI is InChI=1S/C15H24ClN3O2/c1-10(2)12-6-11(7-13(16)18-12)14(20)17-8-15(3,21)9-19(4)5/h6-7,10,21H,8-9H2,1-5H3,(H,17,20). The van der Waals surface area contributed by atoms with E-state index in [2.05, 4.69) is 10.3 Å². The Labute approximate surface area is 131 Å². The van der Waals surface area contributed by atoms with E-state index in [-0.39, 0.29) is 18.4 Å². The molecule has 0 radical (unpaired) electrons. The molecule has 2 N–H and O–H groups in total. The molecule has 0 aliphatic heterocycles. The summed E-state index contributed by atoms with van der Waals surface area (Å²) in [7, 11) is 3.74. The molecule has 6 heteroatoms. The number of likely N-dealkylation sites (N-methyl/N-ethyl adjacent to an activating group) is 1. The molecule has 0 saturated carbocycles. The van der Waals surface area contributed by atoms with Gasteiger partial charge in [0.25, 0.3) is 5.91 Å². The molecule has 1 aromatic rings. The van der Waals surface area contributed by atoms with Crippen LogP contribution >= 0.6 is 11.6 Å². The molecule has 21 heavy (non-hydrogen) atoms. The van der Waals surface area contributed by atoms with Crippen LogP contribution in [0.1, 0.15) is 42.7 Å². The zero-order valence-electron chi connectivity index (χ0n) is 13.3. The van der Waals surface area contributed by atoms with Crippen molar-refractivity contribution in [3.63, 3.8) is 0 Å². The van der Waals surface area contributed by atoms with Gasteiger partial charge >= 0.3 is 0 Å². The maximum absolute atomic E-state index is 12.2. The van der Waals surface area contributed by atoms with E-state index in [9.17, 15) is 9.90 Å². The Morgan fingerprint density at radius 1 is 1.48 bits per heavy atom. The topological polar surface area (TPSA) is 65.5 Å². The molecule has 1 aromatic heterocycles. The fourth-order valence-electron chi connectivity index (χ4n) is 2.05. The van der Waals surface area contributed by atoms with Gasteiger partial charge in [0.05, 0.1) is 5.60 Å². The summed E-state index contributed by atoms with van der Waals surface area (Å²) < 4.78 is 0. The van der Waals surface area contributed by atoms with Crippen LogP contribution in [0.25, 0.3) is 0 Å². The summed E-state index contributed by atoms with van der Waals surface area (Å²) in [5.41, 5.74) is 0.240. The van der Waals surface area contributed by atoms with Gasteiger partial charge in [-0.15, -0.1) is 0 Å². The van der Waals surface area contributed by atoms with Crippen LogP contribution in [0, 0.1) is 0 Å². The maximum atomic E-state index is 12.2. The van der Waals surface area contributed by atoms with Crippen molar-refractivity contribution in [1.82, 2.24) is 15.2 Å². The Morgan fingerprint density at radius 2 is 2.10 bits per heavy atom. The van der Waals surface area contributed by atoms with Crippen molar-refractivity contribution >= 4 is 17.5 Å². The van der Waals surface area contributed by atoms with E-state index < -0.39 is 5.60 Å². The highest BCUT2D eigenvalue weighted by molar-refractivity contribution is 6.29. The SMILES string of the molecule is CC(C)c1cc(C(=O)NCC(C)(O)CN(C)C)cc(Cl)n1. The normalized spacial score (nSPS) is 14.3. The van der Waals surface area contributed by atoms with Crippen molar-refractivity contribution in [2.75, 3.05) is 27.2 Å². The lowest BCUT2D eigenvalue weighted by Gasteiger charge is -2.27. The van der Waals surface area contributed by atoms with Gasteiger partial charge in [0.2, 0.25) is 0 Å². The minimum Gasteiger partial charge on any atom is -0.387 e. The Hall–Kier alpha value is -1.17. The minimum atomic E-state index is -0.989. The third-order valence-electron chi connectivity index (χ3n) is 2.95. The van der Waals surface area contributed by atoms with Gasteiger partial charge in [0.1, 0.15) is 5.15 Å². The maximum Gasteiger partial charge on any atom is 0.251 e. The monoisotopic (exact) mass is 313 g/mol. The number of aliphatic hydroxyl groups is 1. The van der Waals surface area contributed by atoms with E-state index in [1.165, 1.54) is 6.07 Å². The molecule has 0 aliphatic rings. The van der Waals surface area contributed by atoms with Crippen LogP contribution in [0.15, 0.2) is 12.1 Å². The van der Waals surface area contributed by atoms with E-state index in [1.54, 1.807) is 13.0 Å². The van der Waals surface area contributed by atoms with Crippen LogP contribution in [0.4, 0.5) is 0 Å². The molecule has 118 valence electrons. The van der Waals surface area contributed by atoms with Crippen LogP contribution < -0.4 is 5.32 Å². The van der Waals surface area contributed by atoms with Gasteiger partial charge in [-0.25, -0.2) is 4.98 Å². The lowest BCUT2D eigenvalue weighted by molar-refractivity contribution is 0.0326. The summed E-state index contributed by atoms with van der Waals surface area (Å²) in [6.07, 6.45) is 0. The van der Waals surface area contributed by atoms with Gasteiger partial charge in [-0.1, -0.05) is 25.4 Å². The Balaban J connectivity index is 2.76. The lowest BCUT2D eigenvalue weighted by Crippen LogP contribution is -2.47. The van der Waals surface area contributed by atoms with Crippen LogP contribution in [-0.4, -0.2) is 53.7 Å². The van der Waals surface area contributed by atoms with Crippen molar-refractivity contribution in [1.29, 1.82) is 0 Å². The number of nitrogens with zero attached hydrogens (tertiary/aromatic N) is 2. The zero-order valence-corrected chi connectivity index (χ0v) is 14.0. The second-order valence-electron chi connectivity index (χ2n) is 6.18. The summed E-state index contributed by atoms with van der Waals surface area (Å²) in [5, 5.41) is 13.2. The molecule has 0 fully saturated rings. The average Bonchev–Trinajstić information content (AvgIpc) is 2.33. The molecule has 1 rings (SSSR count). The van der Waals surface area contributed by atoms with Crippen LogP contribution in [0.5, 0.6) is 0 Å². The van der Waals surface area contributed by atoms with Crippen LogP contribution in [-0.2, 0) is 0 Å². The number of aromatic nitrogens is 1. The van der Waals surface area contributed by atoms with E-state index in [0.717, 1.165) is 5.69 Å². The van der Waals surface area contributed by atoms with E-state index in [4.69, 9.17) is 11.6 Å². The van der Waals surface area contributed by atoms with Gasteiger partial charge in [-0.05, 0) is 39.1 Å². The summed E-state index contributed by atoms with van der Waals surface area (Å²) in [4.78, 5) is 18.2. The van der Waals surface area contributed by atoms with Crippen molar-refractivity contribution in [3.8, 4) is 0 Å². The second-order valence-corrected chi connectivity index (χ2v) is 6.56. The molecule has 0 aliphatic carbocycles. The number of nitrogens with one attached hydrogen (secondary N) is 1. The molecule has 1 heterocycles. The molecule has 0 bridgehead atoms. The molecule has 0 saturated heterocycles. The zero-order chi connectivity index (χ0) is 16.2. The first-order valence-corrected chi connectivity index (χ1v) is 7.31. The lowest BCUT2D eigenvalue weighted by atomic mass is 10.1. The number of carbonyl (C=O) groups excluding carboxylic acids is 1. The number of halogens is 1. The number of rotatable bonds is 6. The number of pyridine rings is 1. The third-order valence-corrected chi connectivity index (χ3v) is 3.15. The molecule has 0 spiro atoms. The predicted octanol–water partition coefficient (Wildman–Crippen LogP) is 1.90. The van der Waals surface area contributed by atoms with Gasteiger partial charge in [0, 0.05) is 24.3 Å². The van der Waals surface area contributed by atoms with Crippen molar-refractivity contribution in [2.24, 2.45) is 0 Å². The van der Waals surface area contributed by atoms with Crippen molar-refractivity contribution < 1.29 is 9.90 Å². The van der Waals surface area contributed by atoms with E-state index in [0.29, 0.717) is 17.3 Å². The fourth-order valence-corrected chi connectivity index (χ4v) is 2.27. The number of carbonyl (C=O) groups is 1. The largest absolute Gasteiger partial charge is 0.387 e. The van der Waals surface area contributed by atoms with Crippen LogP contribution in [0.3, 0.4) is 0 Å². The number of hydrogen-bond donors (Lipinski definition) is 2. The summed E-state index contributed by atoms with van der Waals surface area (Å²) in [6, 6.07) is 3.26. The summed E-state index contributed by atoms with van der Waals surface area (Å²) in [6.45, 7) is 6.29. The quantitative estimate of drug-likeness (QED) is 0.787. The first kappa shape index (κ1) is 17.9. The van der Waals surface area contributed by atoms with Crippen molar-refractivity contribution in [3.05, 3.63) is 28.5 Å². The fraction of sp³-hybridized carbons (Fsp3) is 0.600. The average molecular weight is 314 g/mol. The van der Waals surface area contributed by atoms with Gasteiger partial charge in [0.15, 0.2) is 0 Å². The van der Waals surface area contributed by atoms with Crippen molar-refractivity contribution in [2.45, 2.75) is 32.3 Å². The van der Waals surface area contributed by atoms with Gasteiger partial charge < -0.3 is 15.3 Å². The molecule has 0 aromatic carbocycles. The first-order chi connectivity index (χ1) is 9.60. The second kappa shape index (κ2) is 7.20.